The summed E-state index contributed by atoms with van der Waals surface area (Å²) in [4.78, 5) is 41.2. The van der Waals surface area contributed by atoms with E-state index in [4.69, 9.17) is 5.73 Å². The van der Waals surface area contributed by atoms with Crippen molar-refractivity contribution in [1.29, 1.82) is 0 Å². The zero-order valence-electron chi connectivity index (χ0n) is 17.4. The second kappa shape index (κ2) is 8.81. The van der Waals surface area contributed by atoms with Crippen molar-refractivity contribution in [2.75, 3.05) is 0 Å². The summed E-state index contributed by atoms with van der Waals surface area (Å²) < 4.78 is 1.53. The van der Waals surface area contributed by atoms with E-state index in [1.165, 1.54) is 4.68 Å². The molecule has 2 heterocycles. The van der Waals surface area contributed by atoms with Crippen molar-refractivity contribution in [3.8, 4) is 11.3 Å². The van der Waals surface area contributed by atoms with Gasteiger partial charge in [0, 0.05) is 43.0 Å². The highest BCUT2D eigenvalue weighted by Crippen LogP contribution is 2.26. The Kier molecular flexibility index (Phi) is 5.76. The monoisotopic (exact) mass is 427 g/mol. The number of nitrogens with one attached hydrogen (secondary N) is 1. The molecule has 160 valence electrons. The Morgan fingerprint density at radius 1 is 1.06 bits per heavy atom. The van der Waals surface area contributed by atoms with Crippen molar-refractivity contribution in [3.05, 3.63) is 84.3 Å². The Balaban J connectivity index is 1.65. The normalized spacial score (nSPS) is 11.8. The van der Waals surface area contributed by atoms with Crippen LogP contribution in [0.2, 0.25) is 0 Å². The highest BCUT2D eigenvalue weighted by atomic mass is 16.2. The standard InChI is InChI=1S/C24H21N5O3/c1-29-14-19(21(28-29)17-7-8-18-13-26-10-9-16(18)12-17)24(32)27-20(22(30)23(25)31)11-15-5-3-2-4-6-15/h2-10,12-14,20H,11H2,1H3,(H2,25,31)(H,27,32). The van der Waals surface area contributed by atoms with Gasteiger partial charge >= 0.3 is 0 Å². The number of benzene rings is 2. The highest BCUT2D eigenvalue weighted by molar-refractivity contribution is 6.38. The van der Waals surface area contributed by atoms with E-state index in [0.717, 1.165) is 21.9 Å². The van der Waals surface area contributed by atoms with Gasteiger partial charge in [-0.15, -0.1) is 0 Å². The molecule has 0 saturated carbocycles. The molecule has 0 radical (unpaired) electrons. The van der Waals surface area contributed by atoms with E-state index in [9.17, 15) is 14.4 Å². The third-order valence-electron chi connectivity index (χ3n) is 5.13. The molecule has 0 saturated heterocycles. The molecule has 4 rings (SSSR count). The van der Waals surface area contributed by atoms with Gasteiger partial charge in [0.15, 0.2) is 0 Å². The zero-order valence-corrected chi connectivity index (χ0v) is 17.4. The molecule has 32 heavy (non-hydrogen) atoms. The van der Waals surface area contributed by atoms with Crippen LogP contribution in [0.15, 0.2) is 73.2 Å². The fourth-order valence-electron chi connectivity index (χ4n) is 3.57. The van der Waals surface area contributed by atoms with Crippen molar-refractivity contribution < 1.29 is 14.4 Å². The first kappa shape index (κ1) is 20.9. The average molecular weight is 427 g/mol. The van der Waals surface area contributed by atoms with Crippen LogP contribution in [-0.4, -0.2) is 38.4 Å². The molecule has 8 nitrogen and oxygen atoms in total. The van der Waals surface area contributed by atoms with Gasteiger partial charge in [-0.3, -0.25) is 24.0 Å². The number of carbonyl (C=O) groups is 3. The maximum Gasteiger partial charge on any atom is 0.287 e. The molecule has 1 atom stereocenters. The largest absolute Gasteiger partial charge is 0.363 e. The fraction of sp³-hybridized carbons (Fsp3) is 0.125. The lowest BCUT2D eigenvalue weighted by molar-refractivity contribution is -0.137. The number of hydrogen-bond acceptors (Lipinski definition) is 5. The lowest BCUT2D eigenvalue weighted by Crippen LogP contribution is -2.47. The van der Waals surface area contributed by atoms with Crippen molar-refractivity contribution in [3.63, 3.8) is 0 Å². The summed E-state index contributed by atoms with van der Waals surface area (Å²) in [5, 5.41) is 9.04. The third kappa shape index (κ3) is 4.39. The first-order valence-electron chi connectivity index (χ1n) is 9.98. The summed E-state index contributed by atoms with van der Waals surface area (Å²) in [5.41, 5.74) is 7.52. The minimum atomic E-state index is -1.10. The molecule has 0 aliphatic carbocycles. The van der Waals surface area contributed by atoms with Gasteiger partial charge in [0.2, 0.25) is 5.78 Å². The van der Waals surface area contributed by atoms with E-state index in [1.807, 2.05) is 54.6 Å². The molecule has 4 aromatic rings. The van der Waals surface area contributed by atoms with Gasteiger partial charge < -0.3 is 11.1 Å². The minimum absolute atomic E-state index is 0.146. The predicted octanol–water partition coefficient (Wildman–Crippen LogP) is 2.03. The first-order valence-corrected chi connectivity index (χ1v) is 9.98. The number of amides is 2. The number of hydrogen-bond donors (Lipinski definition) is 2. The highest BCUT2D eigenvalue weighted by Gasteiger charge is 2.27. The van der Waals surface area contributed by atoms with Crippen molar-refractivity contribution in [2.45, 2.75) is 12.5 Å². The van der Waals surface area contributed by atoms with Gasteiger partial charge in [-0.05, 0) is 23.1 Å². The summed E-state index contributed by atoms with van der Waals surface area (Å²) in [7, 11) is 1.71. The fourth-order valence-corrected chi connectivity index (χ4v) is 3.57. The van der Waals surface area contributed by atoms with Gasteiger partial charge in [0.05, 0.1) is 5.56 Å². The number of rotatable bonds is 7. The number of fused-ring (bicyclic) bond motifs is 1. The Morgan fingerprint density at radius 2 is 1.84 bits per heavy atom. The molecule has 0 aliphatic heterocycles. The van der Waals surface area contributed by atoms with Crippen molar-refractivity contribution in [1.82, 2.24) is 20.1 Å². The van der Waals surface area contributed by atoms with Crippen LogP contribution in [0.3, 0.4) is 0 Å². The molecule has 0 fully saturated rings. The molecule has 0 bridgehead atoms. The van der Waals surface area contributed by atoms with E-state index >= 15 is 0 Å². The van der Waals surface area contributed by atoms with Crippen LogP contribution in [-0.2, 0) is 23.1 Å². The Hall–Kier alpha value is -4.33. The van der Waals surface area contributed by atoms with E-state index in [2.05, 4.69) is 15.4 Å². The summed E-state index contributed by atoms with van der Waals surface area (Å²) in [5.74, 6) is -2.47. The lowest BCUT2D eigenvalue weighted by atomic mass is 10.0. The number of ketones is 1. The summed E-state index contributed by atoms with van der Waals surface area (Å²) in [6, 6.07) is 15.6. The van der Waals surface area contributed by atoms with Crippen LogP contribution in [0.1, 0.15) is 15.9 Å². The summed E-state index contributed by atoms with van der Waals surface area (Å²) in [6.45, 7) is 0. The van der Waals surface area contributed by atoms with Crippen LogP contribution in [0.25, 0.3) is 22.0 Å². The SMILES string of the molecule is Cn1cc(C(=O)NC(Cc2ccccc2)C(=O)C(N)=O)c(-c2ccc3cnccc3c2)n1. The number of aromatic nitrogens is 3. The Bertz CT molecular complexity index is 1310. The number of carbonyl (C=O) groups excluding carboxylic acids is 3. The van der Waals surface area contributed by atoms with Gasteiger partial charge in [-0.25, -0.2) is 0 Å². The number of pyridine rings is 1. The van der Waals surface area contributed by atoms with Crippen molar-refractivity contribution in [2.24, 2.45) is 12.8 Å². The molecule has 2 aromatic carbocycles. The van der Waals surface area contributed by atoms with Crippen LogP contribution < -0.4 is 11.1 Å². The summed E-state index contributed by atoms with van der Waals surface area (Å²) in [6.07, 6.45) is 5.18. The number of primary amides is 1. The summed E-state index contributed by atoms with van der Waals surface area (Å²) >= 11 is 0. The van der Waals surface area contributed by atoms with Crippen LogP contribution >= 0.6 is 0 Å². The molecule has 0 spiro atoms. The topological polar surface area (TPSA) is 120 Å². The van der Waals surface area contributed by atoms with E-state index in [1.54, 1.807) is 25.6 Å². The van der Waals surface area contributed by atoms with Gasteiger partial charge in [-0.2, -0.15) is 5.10 Å². The Morgan fingerprint density at radius 3 is 2.59 bits per heavy atom. The molecule has 0 aliphatic rings. The number of aryl methyl sites for hydroxylation is 1. The van der Waals surface area contributed by atoms with Crippen LogP contribution in [0.4, 0.5) is 0 Å². The van der Waals surface area contributed by atoms with Gasteiger partial charge in [-0.1, -0.05) is 42.5 Å². The van der Waals surface area contributed by atoms with Gasteiger partial charge in [0.25, 0.3) is 11.8 Å². The number of Topliss-reactive ketones (excluding diaryl/α,β-unsaturated/α-hetero) is 1. The molecule has 2 aromatic heterocycles. The molecule has 3 N–H and O–H groups in total. The maximum absolute atomic E-state index is 13.2. The van der Waals surface area contributed by atoms with Gasteiger partial charge in [0.1, 0.15) is 11.7 Å². The minimum Gasteiger partial charge on any atom is -0.363 e. The second-order valence-corrected chi connectivity index (χ2v) is 7.45. The first-order chi connectivity index (χ1) is 15.4. The third-order valence-corrected chi connectivity index (χ3v) is 5.13. The quantitative estimate of drug-likeness (QED) is 0.437. The van der Waals surface area contributed by atoms with Crippen LogP contribution in [0.5, 0.6) is 0 Å². The molecule has 1 unspecified atom stereocenters. The predicted molar refractivity (Wildman–Crippen MR) is 120 cm³/mol. The number of nitrogens with zero attached hydrogens (tertiary/aromatic N) is 3. The Labute approximate surface area is 184 Å². The van der Waals surface area contributed by atoms with E-state index in [-0.39, 0.29) is 12.0 Å². The van der Waals surface area contributed by atoms with E-state index < -0.39 is 23.6 Å². The van der Waals surface area contributed by atoms with Crippen LogP contribution in [0, 0.1) is 0 Å². The smallest absolute Gasteiger partial charge is 0.287 e. The molecule has 8 heteroatoms. The molecular weight excluding hydrogens is 406 g/mol. The van der Waals surface area contributed by atoms with E-state index in [0.29, 0.717) is 5.69 Å². The second-order valence-electron chi connectivity index (χ2n) is 7.45. The number of nitrogens with two attached hydrogens (primary N) is 1. The maximum atomic E-state index is 13.2. The lowest BCUT2D eigenvalue weighted by Gasteiger charge is -2.16. The zero-order chi connectivity index (χ0) is 22.7. The van der Waals surface area contributed by atoms with Crippen molar-refractivity contribution >= 4 is 28.4 Å². The molecular formula is C24H21N5O3. The molecule has 2 amide bonds. The average Bonchev–Trinajstić information content (AvgIpc) is 3.20.